The molecular formula is C23H18F3N7OS. The predicted octanol–water partition coefficient (Wildman–Crippen LogP) is 5.17. The van der Waals surface area contributed by atoms with E-state index < -0.39 is 17.6 Å². The van der Waals surface area contributed by atoms with Crippen molar-refractivity contribution in [1.82, 2.24) is 29.5 Å². The van der Waals surface area contributed by atoms with Crippen LogP contribution in [0.15, 0.2) is 48.0 Å². The number of nitrogens with zero attached hydrogens (tertiary/aromatic N) is 6. The average Bonchev–Trinajstić information content (AvgIpc) is 3.53. The van der Waals surface area contributed by atoms with Gasteiger partial charge < -0.3 is 5.32 Å². The number of aryl methyl sites for hydroxylation is 3. The smallest absolute Gasteiger partial charge is 0.306 e. The Hall–Kier alpha value is -4.06. The van der Waals surface area contributed by atoms with E-state index in [0.29, 0.717) is 33.7 Å². The summed E-state index contributed by atoms with van der Waals surface area (Å²) in [6.07, 6.45) is -3.77. The number of fused-ring (bicyclic) bond motifs is 1. The standard InChI is InChI=1S/C23H18F3N7OS/c1-12-9-19(33(30-12)18-7-6-14(11-27-18)23(24,25)26)29-22(34)15-10-16(17-5-4-8-35-17)28-21-20(15)13(2)31-32(21)3/h4-11H,1-3H3,(H,29,34). The van der Waals surface area contributed by atoms with Gasteiger partial charge in [0.25, 0.3) is 5.91 Å². The average molecular weight is 498 g/mol. The summed E-state index contributed by atoms with van der Waals surface area (Å²) in [5.41, 5.74) is 1.89. The van der Waals surface area contributed by atoms with Gasteiger partial charge in [-0.2, -0.15) is 28.1 Å². The van der Waals surface area contributed by atoms with Gasteiger partial charge in [0, 0.05) is 19.3 Å². The number of amides is 1. The Kier molecular flexibility index (Phi) is 5.39. The van der Waals surface area contributed by atoms with E-state index >= 15 is 0 Å². The molecule has 8 nitrogen and oxygen atoms in total. The fourth-order valence-electron chi connectivity index (χ4n) is 3.80. The van der Waals surface area contributed by atoms with E-state index in [1.165, 1.54) is 22.1 Å². The normalized spacial score (nSPS) is 11.8. The Labute approximate surface area is 201 Å². The van der Waals surface area contributed by atoms with Crippen molar-refractivity contribution in [2.24, 2.45) is 7.05 Å². The summed E-state index contributed by atoms with van der Waals surface area (Å²) in [5, 5.41) is 14.1. The number of anilines is 1. The molecular weight excluding hydrogens is 479 g/mol. The second kappa shape index (κ2) is 8.31. The third kappa shape index (κ3) is 4.16. The predicted molar refractivity (Wildman–Crippen MR) is 126 cm³/mol. The van der Waals surface area contributed by atoms with Crippen molar-refractivity contribution in [3.8, 4) is 16.4 Å². The van der Waals surface area contributed by atoms with Crippen molar-refractivity contribution < 1.29 is 18.0 Å². The van der Waals surface area contributed by atoms with Crippen molar-refractivity contribution >= 4 is 34.1 Å². The molecule has 0 aliphatic heterocycles. The molecule has 0 aliphatic carbocycles. The molecule has 0 aromatic carbocycles. The molecule has 5 rings (SSSR count). The number of halogens is 3. The summed E-state index contributed by atoms with van der Waals surface area (Å²) >= 11 is 1.50. The quantitative estimate of drug-likeness (QED) is 0.370. The zero-order valence-corrected chi connectivity index (χ0v) is 19.6. The van der Waals surface area contributed by atoms with E-state index in [4.69, 9.17) is 4.98 Å². The number of hydrogen-bond acceptors (Lipinski definition) is 6. The Bertz CT molecular complexity index is 1550. The molecule has 5 aromatic rings. The van der Waals surface area contributed by atoms with Crippen LogP contribution in [0, 0.1) is 13.8 Å². The molecule has 0 fully saturated rings. The zero-order valence-electron chi connectivity index (χ0n) is 18.8. The van der Waals surface area contributed by atoms with E-state index in [1.807, 2.05) is 17.5 Å². The van der Waals surface area contributed by atoms with Crippen LogP contribution in [-0.2, 0) is 13.2 Å². The molecule has 0 radical (unpaired) electrons. The first-order valence-electron chi connectivity index (χ1n) is 10.4. The Morgan fingerprint density at radius 2 is 1.91 bits per heavy atom. The minimum absolute atomic E-state index is 0.137. The first-order chi connectivity index (χ1) is 16.6. The van der Waals surface area contributed by atoms with Crippen molar-refractivity contribution in [2.75, 3.05) is 5.32 Å². The van der Waals surface area contributed by atoms with Crippen LogP contribution < -0.4 is 5.32 Å². The first kappa shape index (κ1) is 22.7. The summed E-state index contributed by atoms with van der Waals surface area (Å²) in [7, 11) is 1.76. The summed E-state index contributed by atoms with van der Waals surface area (Å²) in [4.78, 5) is 23.0. The molecule has 1 N–H and O–H groups in total. The number of rotatable bonds is 4. The maximum Gasteiger partial charge on any atom is 0.417 e. The molecule has 5 heterocycles. The highest BCUT2D eigenvalue weighted by Gasteiger charge is 2.31. The molecule has 0 saturated carbocycles. The van der Waals surface area contributed by atoms with E-state index in [-0.39, 0.29) is 11.6 Å². The summed E-state index contributed by atoms with van der Waals surface area (Å²) in [6, 6.07) is 9.27. The summed E-state index contributed by atoms with van der Waals surface area (Å²) < 4.78 is 41.7. The molecule has 0 atom stereocenters. The largest absolute Gasteiger partial charge is 0.417 e. The fraction of sp³-hybridized carbons (Fsp3) is 0.174. The van der Waals surface area contributed by atoms with E-state index in [0.717, 1.165) is 17.1 Å². The molecule has 178 valence electrons. The van der Waals surface area contributed by atoms with Crippen LogP contribution in [-0.4, -0.2) is 35.4 Å². The van der Waals surface area contributed by atoms with Crippen LogP contribution in [0.3, 0.4) is 0 Å². The van der Waals surface area contributed by atoms with Crippen LogP contribution in [0.2, 0.25) is 0 Å². The van der Waals surface area contributed by atoms with Gasteiger partial charge in [-0.1, -0.05) is 6.07 Å². The Balaban J connectivity index is 1.56. The van der Waals surface area contributed by atoms with Gasteiger partial charge in [0.1, 0.15) is 5.82 Å². The minimum Gasteiger partial charge on any atom is -0.306 e. The molecule has 35 heavy (non-hydrogen) atoms. The minimum atomic E-state index is -4.50. The molecule has 0 spiro atoms. The second-order valence-electron chi connectivity index (χ2n) is 7.88. The van der Waals surface area contributed by atoms with Crippen LogP contribution >= 0.6 is 11.3 Å². The molecule has 12 heteroatoms. The third-order valence-electron chi connectivity index (χ3n) is 5.35. The van der Waals surface area contributed by atoms with Gasteiger partial charge in [0.15, 0.2) is 11.5 Å². The zero-order chi connectivity index (χ0) is 24.9. The van der Waals surface area contributed by atoms with Gasteiger partial charge in [0.2, 0.25) is 0 Å². The van der Waals surface area contributed by atoms with Crippen molar-refractivity contribution in [2.45, 2.75) is 20.0 Å². The molecule has 1 amide bonds. The van der Waals surface area contributed by atoms with Crippen molar-refractivity contribution in [1.29, 1.82) is 0 Å². The number of pyridine rings is 2. The van der Waals surface area contributed by atoms with E-state index in [1.54, 1.807) is 37.7 Å². The van der Waals surface area contributed by atoms with Gasteiger partial charge >= 0.3 is 6.18 Å². The SMILES string of the molecule is Cc1cc(NC(=O)c2cc(-c3cccs3)nc3c2c(C)nn3C)n(-c2ccc(C(F)(F)F)cn2)n1. The lowest BCUT2D eigenvalue weighted by molar-refractivity contribution is -0.137. The van der Waals surface area contributed by atoms with E-state index in [9.17, 15) is 18.0 Å². The van der Waals surface area contributed by atoms with Gasteiger partial charge in [-0.15, -0.1) is 11.3 Å². The van der Waals surface area contributed by atoms with Gasteiger partial charge in [-0.05, 0) is 43.5 Å². The summed E-state index contributed by atoms with van der Waals surface area (Å²) in [5.74, 6) is -0.0265. The lowest BCUT2D eigenvalue weighted by atomic mass is 10.1. The molecule has 5 aromatic heterocycles. The first-order valence-corrected chi connectivity index (χ1v) is 11.3. The monoisotopic (exact) mass is 497 g/mol. The number of aromatic nitrogens is 6. The number of thiophene rings is 1. The highest BCUT2D eigenvalue weighted by Crippen LogP contribution is 2.31. The number of alkyl halides is 3. The second-order valence-corrected chi connectivity index (χ2v) is 8.83. The van der Waals surface area contributed by atoms with E-state index in [2.05, 4.69) is 20.5 Å². The highest BCUT2D eigenvalue weighted by atomic mass is 32.1. The van der Waals surface area contributed by atoms with Crippen LogP contribution in [0.5, 0.6) is 0 Å². The molecule has 0 aliphatic rings. The van der Waals surface area contributed by atoms with Gasteiger partial charge in [0.05, 0.1) is 38.5 Å². The lowest BCUT2D eigenvalue weighted by Gasteiger charge is -2.11. The maximum absolute atomic E-state index is 13.5. The van der Waals surface area contributed by atoms with Crippen LogP contribution in [0.4, 0.5) is 19.0 Å². The molecule has 0 bridgehead atoms. The fourth-order valence-corrected chi connectivity index (χ4v) is 4.49. The van der Waals surface area contributed by atoms with Gasteiger partial charge in [-0.3, -0.25) is 9.48 Å². The lowest BCUT2D eigenvalue weighted by Crippen LogP contribution is -2.17. The Morgan fingerprint density at radius 3 is 2.57 bits per heavy atom. The molecule has 0 saturated heterocycles. The molecule has 0 unspecified atom stereocenters. The van der Waals surface area contributed by atoms with Crippen molar-refractivity contribution in [3.63, 3.8) is 0 Å². The van der Waals surface area contributed by atoms with Crippen LogP contribution in [0.1, 0.15) is 27.3 Å². The van der Waals surface area contributed by atoms with Gasteiger partial charge in [-0.25, -0.2) is 9.97 Å². The van der Waals surface area contributed by atoms with Crippen molar-refractivity contribution in [3.05, 3.63) is 70.5 Å². The van der Waals surface area contributed by atoms with Crippen LogP contribution in [0.25, 0.3) is 27.4 Å². The maximum atomic E-state index is 13.5. The summed E-state index contributed by atoms with van der Waals surface area (Å²) in [6.45, 7) is 3.51. The number of hydrogen-bond donors (Lipinski definition) is 1. The number of carbonyl (C=O) groups is 1. The Morgan fingerprint density at radius 1 is 1.11 bits per heavy atom. The highest BCUT2D eigenvalue weighted by molar-refractivity contribution is 7.13. The number of nitrogens with one attached hydrogen (secondary N) is 1. The number of carbonyl (C=O) groups excluding carboxylic acids is 1. The topological polar surface area (TPSA) is 90.5 Å². The third-order valence-corrected chi connectivity index (χ3v) is 6.24.